The largest absolute Gasteiger partial charge is 0.381 e. The van der Waals surface area contributed by atoms with Gasteiger partial charge in [0.1, 0.15) is 0 Å². The first-order chi connectivity index (χ1) is 12.8. The third kappa shape index (κ3) is 2.66. The number of anilines is 1. The minimum Gasteiger partial charge on any atom is -0.381 e. The molecule has 26 heavy (non-hydrogen) atoms. The van der Waals surface area contributed by atoms with E-state index >= 15 is 0 Å². The van der Waals surface area contributed by atoms with Crippen LogP contribution >= 0.6 is 0 Å². The molecule has 0 radical (unpaired) electrons. The van der Waals surface area contributed by atoms with Crippen molar-refractivity contribution in [2.45, 2.75) is 19.3 Å². The van der Waals surface area contributed by atoms with Crippen LogP contribution in [0.5, 0.6) is 0 Å². The summed E-state index contributed by atoms with van der Waals surface area (Å²) in [5.74, 6) is 0.658. The Balaban J connectivity index is 1.48. The van der Waals surface area contributed by atoms with Gasteiger partial charge in [-0.3, -0.25) is 14.9 Å². The maximum atomic E-state index is 12.5. The van der Waals surface area contributed by atoms with E-state index in [-0.39, 0.29) is 5.91 Å². The number of carbonyl (C=O) groups excluding carboxylic acids is 1. The lowest BCUT2D eigenvalue weighted by Gasteiger charge is -2.27. The van der Waals surface area contributed by atoms with Gasteiger partial charge in [0.25, 0.3) is 0 Å². The van der Waals surface area contributed by atoms with Gasteiger partial charge >= 0.3 is 0 Å². The highest BCUT2D eigenvalue weighted by Crippen LogP contribution is 2.34. The molecule has 132 valence electrons. The number of ether oxygens (including phenoxy) is 1. The number of benzene rings is 1. The third-order valence-electron chi connectivity index (χ3n) is 5.41. The Kier molecular flexibility index (Phi) is 3.71. The molecule has 1 amide bonds. The second kappa shape index (κ2) is 6.21. The lowest BCUT2D eigenvalue weighted by Crippen LogP contribution is -2.34. The van der Waals surface area contributed by atoms with Crippen molar-refractivity contribution in [3.05, 3.63) is 42.4 Å². The summed E-state index contributed by atoms with van der Waals surface area (Å²) in [6.07, 6.45) is 6.12. The van der Waals surface area contributed by atoms with Gasteiger partial charge in [0.2, 0.25) is 5.91 Å². The molecule has 0 unspecified atom stereocenters. The first kappa shape index (κ1) is 15.5. The van der Waals surface area contributed by atoms with Crippen LogP contribution in [0.4, 0.5) is 5.69 Å². The van der Waals surface area contributed by atoms with Crippen molar-refractivity contribution >= 4 is 22.5 Å². The van der Waals surface area contributed by atoms with Gasteiger partial charge in [-0.25, -0.2) is 0 Å². The summed E-state index contributed by atoms with van der Waals surface area (Å²) in [6.45, 7) is 2.35. The highest BCUT2D eigenvalue weighted by atomic mass is 16.5. The molecule has 1 N–H and O–H groups in total. The van der Waals surface area contributed by atoms with Crippen LogP contribution in [0.2, 0.25) is 0 Å². The number of fused-ring (bicyclic) bond motifs is 2. The molecule has 3 aromatic rings. The summed E-state index contributed by atoms with van der Waals surface area (Å²) in [6, 6.07) is 8.29. The third-order valence-corrected chi connectivity index (χ3v) is 5.41. The number of nitrogens with zero attached hydrogens (tertiary/aromatic N) is 3. The van der Waals surface area contributed by atoms with Crippen molar-refractivity contribution < 1.29 is 9.53 Å². The second-order valence-corrected chi connectivity index (χ2v) is 7.10. The molecule has 0 aliphatic carbocycles. The molecule has 6 heteroatoms. The highest BCUT2D eigenvalue weighted by molar-refractivity contribution is 6.01. The smallest absolute Gasteiger partial charge is 0.233 e. The number of aromatic nitrogens is 3. The van der Waals surface area contributed by atoms with Gasteiger partial charge < -0.3 is 9.64 Å². The van der Waals surface area contributed by atoms with Crippen molar-refractivity contribution in [1.82, 2.24) is 15.2 Å². The van der Waals surface area contributed by atoms with E-state index in [9.17, 15) is 4.79 Å². The van der Waals surface area contributed by atoms with Crippen molar-refractivity contribution in [1.29, 1.82) is 0 Å². The molecular formula is C20H20N4O2. The van der Waals surface area contributed by atoms with Crippen LogP contribution in [0, 0.1) is 5.92 Å². The predicted molar refractivity (Wildman–Crippen MR) is 98.9 cm³/mol. The van der Waals surface area contributed by atoms with Gasteiger partial charge in [-0.15, -0.1) is 0 Å². The molecule has 0 saturated carbocycles. The van der Waals surface area contributed by atoms with E-state index in [0.717, 1.165) is 66.0 Å². The van der Waals surface area contributed by atoms with E-state index in [4.69, 9.17) is 4.74 Å². The van der Waals surface area contributed by atoms with Crippen molar-refractivity contribution in [2.75, 3.05) is 24.7 Å². The summed E-state index contributed by atoms with van der Waals surface area (Å²) >= 11 is 0. The Morgan fingerprint density at radius 2 is 2.04 bits per heavy atom. The fourth-order valence-electron chi connectivity index (χ4n) is 3.89. The van der Waals surface area contributed by atoms with Crippen LogP contribution in [-0.4, -0.2) is 40.8 Å². The van der Waals surface area contributed by atoms with Crippen LogP contribution in [0.1, 0.15) is 18.5 Å². The Hall–Kier alpha value is -2.73. The number of aromatic amines is 1. The van der Waals surface area contributed by atoms with Crippen LogP contribution in [0.3, 0.4) is 0 Å². The number of pyridine rings is 1. The SMILES string of the molecule is O=C1Cc2ncc(-c3ccc4[nH]ncc4c3)cc2N1CC1CCOCC1. The summed E-state index contributed by atoms with van der Waals surface area (Å²) in [7, 11) is 0. The summed E-state index contributed by atoms with van der Waals surface area (Å²) in [4.78, 5) is 19.1. The van der Waals surface area contributed by atoms with E-state index in [1.807, 2.05) is 23.4 Å². The van der Waals surface area contributed by atoms with Crippen LogP contribution in [-0.2, 0) is 16.0 Å². The highest BCUT2D eigenvalue weighted by Gasteiger charge is 2.31. The number of carbonyl (C=O) groups is 1. The molecule has 0 atom stereocenters. The molecule has 1 saturated heterocycles. The second-order valence-electron chi connectivity index (χ2n) is 7.10. The normalized spacial score (nSPS) is 17.8. The molecule has 0 spiro atoms. The van der Waals surface area contributed by atoms with Gasteiger partial charge in [0, 0.05) is 36.9 Å². The topological polar surface area (TPSA) is 71.1 Å². The fraction of sp³-hybridized carbons (Fsp3) is 0.350. The maximum Gasteiger partial charge on any atom is 0.233 e. The number of amides is 1. The molecule has 2 aliphatic heterocycles. The molecule has 2 aromatic heterocycles. The minimum atomic E-state index is 0.154. The molecule has 1 fully saturated rings. The zero-order valence-corrected chi connectivity index (χ0v) is 14.4. The number of rotatable bonds is 3. The zero-order chi connectivity index (χ0) is 17.5. The van der Waals surface area contributed by atoms with Gasteiger partial charge in [-0.1, -0.05) is 6.07 Å². The summed E-state index contributed by atoms with van der Waals surface area (Å²) < 4.78 is 5.44. The van der Waals surface area contributed by atoms with Gasteiger partial charge in [-0.05, 0) is 42.5 Å². The van der Waals surface area contributed by atoms with Crippen LogP contribution in [0.25, 0.3) is 22.0 Å². The molecule has 4 heterocycles. The van der Waals surface area contributed by atoms with E-state index in [1.165, 1.54) is 0 Å². The zero-order valence-electron chi connectivity index (χ0n) is 14.4. The molecule has 0 bridgehead atoms. The first-order valence-corrected chi connectivity index (χ1v) is 9.08. The molecule has 1 aromatic carbocycles. The fourth-order valence-corrected chi connectivity index (χ4v) is 3.89. The number of hydrogen-bond donors (Lipinski definition) is 1. The minimum absolute atomic E-state index is 0.154. The average Bonchev–Trinajstić information content (AvgIpc) is 3.26. The van der Waals surface area contributed by atoms with Crippen LogP contribution in [0.15, 0.2) is 36.7 Å². The first-order valence-electron chi connectivity index (χ1n) is 9.08. The van der Waals surface area contributed by atoms with Crippen molar-refractivity contribution in [3.8, 4) is 11.1 Å². The molecule has 6 nitrogen and oxygen atoms in total. The Bertz CT molecular complexity index is 975. The van der Waals surface area contributed by atoms with Crippen molar-refractivity contribution in [3.63, 3.8) is 0 Å². The molecular weight excluding hydrogens is 328 g/mol. The van der Waals surface area contributed by atoms with Gasteiger partial charge in [0.05, 0.1) is 29.5 Å². The van der Waals surface area contributed by atoms with Gasteiger partial charge in [-0.2, -0.15) is 5.10 Å². The van der Waals surface area contributed by atoms with E-state index < -0.39 is 0 Å². The van der Waals surface area contributed by atoms with E-state index in [0.29, 0.717) is 12.3 Å². The lowest BCUT2D eigenvalue weighted by atomic mass is 9.99. The number of hydrogen-bond acceptors (Lipinski definition) is 4. The Labute approximate surface area is 151 Å². The van der Waals surface area contributed by atoms with E-state index in [1.54, 1.807) is 0 Å². The van der Waals surface area contributed by atoms with Crippen LogP contribution < -0.4 is 4.90 Å². The lowest BCUT2D eigenvalue weighted by molar-refractivity contribution is -0.117. The summed E-state index contributed by atoms with van der Waals surface area (Å²) in [5.41, 5.74) is 4.97. The number of H-pyrrole nitrogens is 1. The quantitative estimate of drug-likeness (QED) is 0.790. The van der Waals surface area contributed by atoms with Gasteiger partial charge in [0.15, 0.2) is 0 Å². The molecule has 5 rings (SSSR count). The standard InChI is InChI=1S/C20H20N4O2/c25-20-9-18-19(24(20)12-13-3-5-26-6-4-13)8-15(10-21-18)14-1-2-17-16(7-14)11-22-23-17/h1-2,7-8,10-11,13H,3-6,9,12H2,(H,22,23). The molecule has 2 aliphatic rings. The predicted octanol–water partition coefficient (Wildman–Crippen LogP) is 2.94. The number of nitrogens with one attached hydrogen (secondary N) is 1. The average molecular weight is 348 g/mol. The monoisotopic (exact) mass is 348 g/mol. The Morgan fingerprint density at radius 1 is 1.15 bits per heavy atom. The maximum absolute atomic E-state index is 12.5. The van der Waals surface area contributed by atoms with Crippen molar-refractivity contribution in [2.24, 2.45) is 5.92 Å². The summed E-state index contributed by atoms with van der Waals surface area (Å²) in [5, 5.41) is 8.11. The Morgan fingerprint density at radius 3 is 2.92 bits per heavy atom. The van der Waals surface area contributed by atoms with E-state index in [2.05, 4.69) is 33.4 Å².